The van der Waals surface area contributed by atoms with E-state index in [1.54, 1.807) is 7.11 Å². The molecule has 1 aliphatic heterocycles. The summed E-state index contributed by atoms with van der Waals surface area (Å²) in [6, 6.07) is 0.577. The minimum Gasteiger partial charge on any atom is -0.385 e. The first-order chi connectivity index (χ1) is 6.66. The molecule has 2 nitrogen and oxygen atoms in total. The maximum Gasteiger partial charge on any atom is 0.0476 e. The van der Waals surface area contributed by atoms with Crippen LogP contribution in [0.5, 0.6) is 0 Å². The highest BCUT2D eigenvalue weighted by Gasteiger charge is 2.29. The maximum atomic E-state index is 5.06. The molecule has 14 heavy (non-hydrogen) atoms. The molecule has 0 aromatic rings. The summed E-state index contributed by atoms with van der Waals surface area (Å²) in [5, 5.41) is 3.60. The molecular formula is C11H23NOS. The molecule has 84 valence electrons. The van der Waals surface area contributed by atoms with Crippen LogP contribution in [0.1, 0.15) is 33.1 Å². The van der Waals surface area contributed by atoms with Crippen LogP contribution in [-0.2, 0) is 4.74 Å². The van der Waals surface area contributed by atoms with Gasteiger partial charge in [0.2, 0.25) is 0 Å². The Morgan fingerprint density at radius 2 is 2.36 bits per heavy atom. The van der Waals surface area contributed by atoms with Gasteiger partial charge in [-0.1, -0.05) is 0 Å². The number of hydrogen-bond donors (Lipinski definition) is 1. The second-order valence-electron chi connectivity index (χ2n) is 4.47. The molecule has 0 radical (unpaired) electrons. The third kappa shape index (κ3) is 4.20. The summed E-state index contributed by atoms with van der Waals surface area (Å²) in [6.45, 7) is 6.61. The van der Waals surface area contributed by atoms with Gasteiger partial charge in [-0.15, -0.1) is 0 Å². The number of rotatable bonds is 6. The first-order valence-corrected chi connectivity index (χ1v) is 6.51. The van der Waals surface area contributed by atoms with Crippen LogP contribution in [0, 0.1) is 0 Å². The molecular weight excluding hydrogens is 194 g/mol. The zero-order chi connectivity index (χ0) is 10.4. The highest BCUT2D eigenvalue weighted by atomic mass is 32.2. The van der Waals surface area contributed by atoms with Crippen LogP contribution in [0.3, 0.4) is 0 Å². The van der Waals surface area contributed by atoms with Crippen LogP contribution in [0.15, 0.2) is 0 Å². The van der Waals surface area contributed by atoms with Crippen molar-refractivity contribution in [3.05, 3.63) is 0 Å². The molecule has 1 rings (SSSR count). The zero-order valence-corrected chi connectivity index (χ0v) is 10.5. The smallest absolute Gasteiger partial charge is 0.0476 e. The fraction of sp³-hybridized carbons (Fsp3) is 1.00. The van der Waals surface area contributed by atoms with Gasteiger partial charge >= 0.3 is 0 Å². The predicted molar refractivity (Wildman–Crippen MR) is 64.1 cm³/mol. The van der Waals surface area contributed by atoms with E-state index in [2.05, 4.69) is 30.9 Å². The molecule has 1 aliphatic rings. The first-order valence-electron chi connectivity index (χ1n) is 5.52. The number of thioether (sulfide) groups is 1. The average molecular weight is 217 g/mol. The topological polar surface area (TPSA) is 21.3 Å². The SMILES string of the molecule is COCCC(C)NCC1(C)CCCS1. The Morgan fingerprint density at radius 3 is 2.93 bits per heavy atom. The normalized spacial score (nSPS) is 29.4. The molecule has 0 saturated carbocycles. The van der Waals surface area contributed by atoms with Gasteiger partial charge in [-0.3, -0.25) is 0 Å². The van der Waals surface area contributed by atoms with Gasteiger partial charge in [0.05, 0.1) is 0 Å². The number of ether oxygens (including phenoxy) is 1. The van der Waals surface area contributed by atoms with Crippen molar-refractivity contribution in [2.24, 2.45) is 0 Å². The van der Waals surface area contributed by atoms with E-state index in [-0.39, 0.29) is 0 Å². The molecule has 0 aromatic carbocycles. The van der Waals surface area contributed by atoms with E-state index in [4.69, 9.17) is 4.74 Å². The van der Waals surface area contributed by atoms with Crippen molar-refractivity contribution in [3.8, 4) is 0 Å². The molecule has 0 bridgehead atoms. The van der Waals surface area contributed by atoms with Gasteiger partial charge in [0.25, 0.3) is 0 Å². The Balaban J connectivity index is 2.12. The lowest BCUT2D eigenvalue weighted by Crippen LogP contribution is -2.38. The van der Waals surface area contributed by atoms with Crippen LogP contribution < -0.4 is 5.32 Å². The molecule has 2 atom stereocenters. The van der Waals surface area contributed by atoms with Crippen molar-refractivity contribution in [3.63, 3.8) is 0 Å². The summed E-state index contributed by atoms with van der Waals surface area (Å²) in [4.78, 5) is 0. The van der Waals surface area contributed by atoms with E-state index in [9.17, 15) is 0 Å². The van der Waals surface area contributed by atoms with Crippen LogP contribution in [0.4, 0.5) is 0 Å². The molecule has 0 spiro atoms. The lowest BCUT2D eigenvalue weighted by molar-refractivity contribution is 0.184. The molecule has 1 fully saturated rings. The molecule has 0 aliphatic carbocycles. The van der Waals surface area contributed by atoms with Crippen molar-refractivity contribution >= 4 is 11.8 Å². The number of hydrogen-bond acceptors (Lipinski definition) is 3. The third-order valence-corrected chi connectivity index (χ3v) is 4.42. The van der Waals surface area contributed by atoms with Gasteiger partial charge in [-0.05, 0) is 38.9 Å². The Morgan fingerprint density at radius 1 is 1.57 bits per heavy atom. The summed E-state index contributed by atoms with van der Waals surface area (Å²) in [5.74, 6) is 1.34. The molecule has 3 heteroatoms. The Kier molecular flexibility index (Phi) is 5.28. The zero-order valence-electron chi connectivity index (χ0n) is 9.64. The van der Waals surface area contributed by atoms with E-state index in [1.165, 1.54) is 18.6 Å². The summed E-state index contributed by atoms with van der Waals surface area (Å²) in [5.41, 5.74) is 0. The van der Waals surface area contributed by atoms with Crippen LogP contribution >= 0.6 is 11.8 Å². The summed E-state index contributed by atoms with van der Waals surface area (Å²) in [7, 11) is 1.76. The summed E-state index contributed by atoms with van der Waals surface area (Å²) >= 11 is 2.12. The molecule has 1 N–H and O–H groups in total. The molecule has 1 heterocycles. The quantitative estimate of drug-likeness (QED) is 0.737. The van der Waals surface area contributed by atoms with E-state index in [0.717, 1.165) is 19.6 Å². The van der Waals surface area contributed by atoms with Crippen molar-refractivity contribution in [1.29, 1.82) is 0 Å². The molecule has 0 amide bonds. The Bertz CT molecular complexity index is 157. The maximum absolute atomic E-state index is 5.06. The van der Waals surface area contributed by atoms with Crippen LogP contribution in [-0.4, -0.2) is 36.8 Å². The highest BCUT2D eigenvalue weighted by Crippen LogP contribution is 2.36. The van der Waals surface area contributed by atoms with Gasteiger partial charge in [0.1, 0.15) is 0 Å². The van der Waals surface area contributed by atoms with Crippen molar-refractivity contribution < 1.29 is 4.74 Å². The molecule has 1 saturated heterocycles. The minimum absolute atomic E-state index is 0.487. The van der Waals surface area contributed by atoms with Gasteiger partial charge in [-0.2, -0.15) is 11.8 Å². The van der Waals surface area contributed by atoms with E-state index in [1.807, 2.05) is 0 Å². The standard InChI is InChI=1S/C11H23NOS/c1-10(5-7-13-3)12-9-11(2)6-4-8-14-11/h10,12H,4-9H2,1-3H3. The van der Waals surface area contributed by atoms with Crippen molar-refractivity contribution in [1.82, 2.24) is 5.32 Å². The monoisotopic (exact) mass is 217 g/mol. The molecule has 2 unspecified atom stereocenters. The highest BCUT2D eigenvalue weighted by molar-refractivity contribution is 8.00. The van der Waals surface area contributed by atoms with Gasteiger partial charge in [0, 0.05) is 31.1 Å². The van der Waals surface area contributed by atoms with Crippen LogP contribution in [0.2, 0.25) is 0 Å². The second kappa shape index (κ2) is 5.99. The Hall–Kier alpha value is 0.270. The lowest BCUT2D eigenvalue weighted by Gasteiger charge is -2.25. The fourth-order valence-electron chi connectivity index (χ4n) is 1.76. The summed E-state index contributed by atoms with van der Waals surface area (Å²) < 4.78 is 5.55. The van der Waals surface area contributed by atoms with E-state index in [0.29, 0.717) is 10.8 Å². The average Bonchev–Trinajstić information content (AvgIpc) is 2.60. The first kappa shape index (κ1) is 12.3. The fourth-order valence-corrected chi connectivity index (χ4v) is 3.02. The summed E-state index contributed by atoms with van der Waals surface area (Å²) in [6.07, 6.45) is 3.86. The van der Waals surface area contributed by atoms with E-state index >= 15 is 0 Å². The number of nitrogens with one attached hydrogen (secondary N) is 1. The van der Waals surface area contributed by atoms with Gasteiger partial charge < -0.3 is 10.1 Å². The minimum atomic E-state index is 0.487. The lowest BCUT2D eigenvalue weighted by atomic mass is 10.1. The predicted octanol–water partition coefficient (Wildman–Crippen LogP) is 2.29. The van der Waals surface area contributed by atoms with Crippen molar-refractivity contribution in [2.75, 3.05) is 26.0 Å². The van der Waals surface area contributed by atoms with E-state index < -0.39 is 0 Å². The van der Waals surface area contributed by atoms with Crippen LogP contribution in [0.25, 0.3) is 0 Å². The number of methoxy groups -OCH3 is 1. The Labute approximate surface area is 92.2 Å². The third-order valence-electron chi connectivity index (χ3n) is 2.88. The largest absolute Gasteiger partial charge is 0.385 e. The van der Waals surface area contributed by atoms with Gasteiger partial charge in [0.15, 0.2) is 0 Å². The second-order valence-corrected chi connectivity index (χ2v) is 6.15. The van der Waals surface area contributed by atoms with Crippen molar-refractivity contribution in [2.45, 2.75) is 43.9 Å². The van der Waals surface area contributed by atoms with Gasteiger partial charge in [-0.25, -0.2) is 0 Å². The molecule has 0 aromatic heterocycles.